The summed E-state index contributed by atoms with van der Waals surface area (Å²) >= 11 is 0. The number of nitrogens with one attached hydrogen (secondary N) is 1. The summed E-state index contributed by atoms with van der Waals surface area (Å²) in [6.07, 6.45) is 6.08. The van der Waals surface area contributed by atoms with Gasteiger partial charge in [0.2, 0.25) is 0 Å². The number of benzene rings is 2. The molecule has 0 radical (unpaired) electrons. The Morgan fingerprint density at radius 2 is 2.00 bits per heavy atom. The fourth-order valence-corrected chi connectivity index (χ4v) is 3.04. The van der Waals surface area contributed by atoms with Gasteiger partial charge in [-0.25, -0.2) is 9.18 Å². The number of terminal acetylenes is 1. The number of nitrogens with zero attached hydrogens (tertiary/aromatic N) is 2. The molecule has 0 aliphatic carbocycles. The van der Waals surface area contributed by atoms with Crippen LogP contribution < -0.4 is 5.32 Å². The van der Waals surface area contributed by atoms with E-state index in [0.29, 0.717) is 11.3 Å². The van der Waals surface area contributed by atoms with E-state index in [2.05, 4.69) is 16.2 Å². The largest absolute Gasteiger partial charge is 0.380 e. The van der Waals surface area contributed by atoms with Gasteiger partial charge in [0.1, 0.15) is 11.9 Å². The van der Waals surface area contributed by atoms with Crippen molar-refractivity contribution in [1.82, 2.24) is 9.88 Å². The molecule has 2 N–H and O–H groups in total. The summed E-state index contributed by atoms with van der Waals surface area (Å²) in [6, 6.07) is 14.0. The Balaban J connectivity index is 1.87. The molecule has 3 aromatic rings. The first-order valence-electron chi connectivity index (χ1n) is 8.77. The van der Waals surface area contributed by atoms with Crippen molar-refractivity contribution in [2.75, 3.05) is 12.4 Å². The minimum atomic E-state index is -1.04. The molecule has 0 saturated carbocycles. The molecule has 3 rings (SSSR count). The second-order valence-electron chi connectivity index (χ2n) is 6.40. The molecule has 0 aliphatic rings. The van der Waals surface area contributed by atoms with E-state index in [-0.39, 0.29) is 18.3 Å². The fraction of sp³-hybridized carbons (Fsp3) is 0.182. The summed E-state index contributed by atoms with van der Waals surface area (Å²) < 4.78 is 13.3. The molecule has 28 heavy (non-hydrogen) atoms. The van der Waals surface area contributed by atoms with Crippen LogP contribution in [0.3, 0.4) is 0 Å². The minimum Gasteiger partial charge on any atom is -0.380 e. The number of carbonyl (C=O) groups is 1. The number of fused-ring (bicyclic) bond motifs is 1. The predicted molar refractivity (Wildman–Crippen MR) is 107 cm³/mol. The van der Waals surface area contributed by atoms with Gasteiger partial charge in [-0.3, -0.25) is 4.98 Å². The van der Waals surface area contributed by atoms with Gasteiger partial charge in [-0.1, -0.05) is 24.1 Å². The summed E-state index contributed by atoms with van der Waals surface area (Å²) in [4.78, 5) is 18.6. The molecule has 0 bridgehead atoms. The number of pyridine rings is 1. The van der Waals surface area contributed by atoms with Gasteiger partial charge in [-0.15, -0.1) is 6.42 Å². The van der Waals surface area contributed by atoms with Crippen LogP contribution in [0.1, 0.15) is 18.0 Å². The van der Waals surface area contributed by atoms with Crippen LogP contribution in [0.5, 0.6) is 0 Å². The van der Waals surface area contributed by atoms with E-state index in [0.717, 1.165) is 10.9 Å². The molecule has 2 aromatic carbocycles. The van der Waals surface area contributed by atoms with Gasteiger partial charge in [-0.05, 0) is 42.0 Å². The number of aromatic nitrogens is 1. The Kier molecular flexibility index (Phi) is 5.87. The first kappa shape index (κ1) is 19.3. The van der Waals surface area contributed by atoms with Crippen molar-refractivity contribution in [2.24, 2.45) is 0 Å². The molecule has 1 unspecified atom stereocenters. The Morgan fingerprint density at radius 1 is 1.25 bits per heavy atom. The van der Waals surface area contributed by atoms with E-state index >= 15 is 0 Å². The molecule has 1 aromatic heterocycles. The topological polar surface area (TPSA) is 65.5 Å². The number of carbonyl (C=O) groups excluding carboxylic acids is 1. The number of aliphatic hydroxyl groups is 1. The summed E-state index contributed by atoms with van der Waals surface area (Å²) in [6.45, 7) is 0. The van der Waals surface area contributed by atoms with Crippen LogP contribution in [-0.4, -0.2) is 34.2 Å². The maximum absolute atomic E-state index is 13.3. The number of halogens is 1. The van der Waals surface area contributed by atoms with Gasteiger partial charge in [-0.2, -0.15) is 0 Å². The lowest BCUT2D eigenvalue weighted by atomic mass is 9.99. The molecule has 2 atom stereocenters. The van der Waals surface area contributed by atoms with Crippen molar-refractivity contribution in [3.8, 4) is 12.3 Å². The van der Waals surface area contributed by atoms with Crippen molar-refractivity contribution in [3.63, 3.8) is 0 Å². The average molecular weight is 377 g/mol. The highest BCUT2D eigenvalue weighted by Crippen LogP contribution is 2.27. The first-order chi connectivity index (χ1) is 13.5. The van der Waals surface area contributed by atoms with E-state index in [1.165, 1.54) is 17.0 Å². The van der Waals surface area contributed by atoms with Crippen molar-refractivity contribution in [1.29, 1.82) is 0 Å². The number of urea groups is 1. The molecular weight excluding hydrogens is 357 g/mol. The van der Waals surface area contributed by atoms with E-state index < -0.39 is 12.1 Å². The normalized spacial score (nSPS) is 12.8. The Labute approximate surface area is 162 Å². The van der Waals surface area contributed by atoms with E-state index in [9.17, 15) is 14.3 Å². The van der Waals surface area contributed by atoms with E-state index in [1.54, 1.807) is 37.5 Å². The van der Waals surface area contributed by atoms with E-state index in [4.69, 9.17) is 6.42 Å². The van der Waals surface area contributed by atoms with Gasteiger partial charge >= 0.3 is 6.03 Å². The van der Waals surface area contributed by atoms with Crippen LogP contribution in [0.25, 0.3) is 10.9 Å². The Morgan fingerprint density at radius 3 is 2.71 bits per heavy atom. The number of amides is 2. The highest BCUT2D eigenvalue weighted by molar-refractivity contribution is 6.00. The van der Waals surface area contributed by atoms with Gasteiger partial charge in [0.05, 0.1) is 17.2 Å². The molecule has 142 valence electrons. The summed E-state index contributed by atoms with van der Waals surface area (Å²) in [5, 5.41) is 13.6. The molecule has 2 amide bonds. The van der Waals surface area contributed by atoms with Crippen LogP contribution in [0.2, 0.25) is 0 Å². The monoisotopic (exact) mass is 377 g/mol. The summed E-state index contributed by atoms with van der Waals surface area (Å²) in [7, 11) is 1.61. The van der Waals surface area contributed by atoms with Crippen molar-refractivity contribution >= 4 is 22.6 Å². The van der Waals surface area contributed by atoms with Crippen LogP contribution in [0, 0.1) is 18.2 Å². The molecule has 1 heterocycles. The second-order valence-corrected chi connectivity index (χ2v) is 6.40. The zero-order chi connectivity index (χ0) is 20.1. The van der Waals surface area contributed by atoms with Crippen LogP contribution in [0.4, 0.5) is 14.9 Å². The first-order valence-corrected chi connectivity index (χ1v) is 8.77. The van der Waals surface area contributed by atoms with Gasteiger partial charge in [0, 0.05) is 25.1 Å². The van der Waals surface area contributed by atoms with Crippen molar-refractivity contribution in [2.45, 2.75) is 18.6 Å². The van der Waals surface area contributed by atoms with Crippen LogP contribution in [0.15, 0.2) is 60.8 Å². The lowest BCUT2D eigenvalue weighted by Gasteiger charge is -2.29. The zero-order valence-corrected chi connectivity index (χ0v) is 15.3. The standard InChI is InChI=1S/C22H20FN3O2/c1-3-17(27)14-21(15-9-11-16(23)12-10-15)26(2)22(28)25-20-8-4-7-19-18(20)6-5-13-24-19/h1,4-13,17,21,27H,14H2,2H3,(H,25,28)/t17?,21-/m0/s1. The molecule has 0 aliphatic heterocycles. The molecule has 0 fully saturated rings. The molecule has 0 saturated heterocycles. The summed E-state index contributed by atoms with van der Waals surface area (Å²) in [5.74, 6) is 1.88. The zero-order valence-electron chi connectivity index (χ0n) is 15.3. The predicted octanol–water partition coefficient (Wildman–Crippen LogP) is 3.96. The summed E-state index contributed by atoms with van der Waals surface area (Å²) in [5.41, 5.74) is 2.06. The van der Waals surface area contributed by atoms with Gasteiger partial charge in [0.25, 0.3) is 0 Å². The number of anilines is 1. The lowest BCUT2D eigenvalue weighted by Crippen LogP contribution is -2.36. The Bertz CT molecular complexity index is 1010. The van der Waals surface area contributed by atoms with Crippen molar-refractivity contribution in [3.05, 3.63) is 72.2 Å². The number of aliphatic hydroxyl groups excluding tert-OH is 1. The van der Waals surface area contributed by atoms with Gasteiger partial charge in [0.15, 0.2) is 0 Å². The quantitative estimate of drug-likeness (QED) is 0.662. The highest BCUT2D eigenvalue weighted by atomic mass is 19.1. The third-order valence-corrected chi connectivity index (χ3v) is 4.57. The maximum atomic E-state index is 13.3. The van der Waals surface area contributed by atoms with E-state index in [1.807, 2.05) is 18.2 Å². The third kappa shape index (κ3) is 4.27. The van der Waals surface area contributed by atoms with Gasteiger partial charge < -0.3 is 15.3 Å². The lowest BCUT2D eigenvalue weighted by molar-refractivity contribution is 0.159. The molecular formula is C22H20FN3O2. The second kappa shape index (κ2) is 8.51. The third-order valence-electron chi connectivity index (χ3n) is 4.57. The fourth-order valence-electron chi connectivity index (χ4n) is 3.04. The highest BCUT2D eigenvalue weighted by Gasteiger charge is 2.24. The Hall–Kier alpha value is -3.43. The maximum Gasteiger partial charge on any atom is 0.322 e. The molecule has 6 heteroatoms. The molecule has 5 nitrogen and oxygen atoms in total. The van der Waals surface area contributed by atoms with Crippen LogP contribution >= 0.6 is 0 Å². The van der Waals surface area contributed by atoms with Crippen molar-refractivity contribution < 1.29 is 14.3 Å². The number of rotatable bonds is 5. The number of hydrogen-bond donors (Lipinski definition) is 2. The van der Waals surface area contributed by atoms with Crippen LogP contribution in [-0.2, 0) is 0 Å². The minimum absolute atomic E-state index is 0.128. The molecule has 0 spiro atoms. The number of hydrogen-bond acceptors (Lipinski definition) is 3. The smallest absolute Gasteiger partial charge is 0.322 e. The average Bonchev–Trinajstić information content (AvgIpc) is 2.72. The SMILES string of the molecule is C#CC(O)C[C@@H](c1ccc(F)cc1)N(C)C(=O)Nc1cccc2ncccc12.